The van der Waals surface area contributed by atoms with Crippen LogP contribution in [0.3, 0.4) is 0 Å². The number of hydrogen-bond donors (Lipinski definition) is 2. The molecule has 2 N–H and O–H groups in total. The molecular formula is C19H19ClN4O. The van der Waals surface area contributed by atoms with E-state index in [0.29, 0.717) is 22.5 Å². The Kier molecular flexibility index (Phi) is 5.05. The lowest BCUT2D eigenvalue weighted by molar-refractivity contribution is 0.415. The molecule has 0 bridgehead atoms. The van der Waals surface area contributed by atoms with Crippen LogP contribution in [0.5, 0.6) is 5.75 Å². The van der Waals surface area contributed by atoms with Gasteiger partial charge in [0.15, 0.2) is 0 Å². The molecule has 0 aliphatic rings. The van der Waals surface area contributed by atoms with Crippen LogP contribution in [0.1, 0.15) is 11.1 Å². The maximum Gasteiger partial charge on any atom is 0.229 e. The first-order chi connectivity index (χ1) is 12.1. The summed E-state index contributed by atoms with van der Waals surface area (Å²) in [4.78, 5) is 8.78. The molecule has 0 aliphatic carbocycles. The van der Waals surface area contributed by atoms with Gasteiger partial charge >= 0.3 is 0 Å². The molecule has 3 aromatic rings. The van der Waals surface area contributed by atoms with Crippen LogP contribution >= 0.6 is 11.6 Å². The lowest BCUT2D eigenvalue weighted by Gasteiger charge is -2.12. The molecule has 5 nitrogen and oxygen atoms in total. The smallest absolute Gasteiger partial charge is 0.229 e. The fraction of sp³-hybridized carbons (Fsp3) is 0.158. The van der Waals surface area contributed by atoms with Crippen LogP contribution in [0.25, 0.3) is 0 Å². The highest BCUT2D eigenvalue weighted by Crippen LogP contribution is 2.28. The summed E-state index contributed by atoms with van der Waals surface area (Å²) in [5.74, 6) is 1.83. The number of aromatic nitrogens is 2. The molecule has 128 valence electrons. The topological polar surface area (TPSA) is 59.1 Å². The second kappa shape index (κ2) is 7.40. The van der Waals surface area contributed by atoms with E-state index in [2.05, 4.69) is 40.5 Å². The van der Waals surface area contributed by atoms with Crippen molar-refractivity contribution in [2.75, 3.05) is 17.7 Å². The van der Waals surface area contributed by atoms with Gasteiger partial charge in [-0.1, -0.05) is 23.7 Å². The number of ether oxygens (including phenoxy) is 1. The van der Waals surface area contributed by atoms with Crippen molar-refractivity contribution < 1.29 is 4.74 Å². The van der Waals surface area contributed by atoms with E-state index in [1.165, 1.54) is 11.1 Å². The summed E-state index contributed by atoms with van der Waals surface area (Å²) in [6, 6.07) is 13.4. The Balaban J connectivity index is 1.79. The molecule has 0 aliphatic heterocycles. The molecule has 0 radical (unpaired) electrons. The summed E-state index contributed by atoms with van der Waals surface area (Å²) in [7, 11) is 1.59. The first-order valence-corrected chi connectivity index (χ1v) is 8.21. The van der Waals surface area contributed by atoms with Gasteiger partial charge in [0.1, 0.15) is 11.6 Å². The second-order valence-electron chi connectivity index (χ2n) is 5.61. The highest BCUT2D eigenvalue weighted by molar-refractivity contribution is 6.32. The number of benzene rings is 2. The molecule has 1 heterocycles. The number of methoxy groups -OCH3 is 1. The summed E-state index contributed by atoms with van der Waals surface area (Å²) < 4.78 is 5.16. The van der Waals surface area contributed by atoms with Gasteiger partial charge in [-0.05, 0) is 55.3 Å². The van der Waals surface area contributed by atoms with Gasteiger partial charge in [0.2, 0.25) is 5.95 Å². The number of nitrogens with one attached hydrogen (secondary N) is 2. The minimum absolute atomic E-state index is 0.526. The third-order valence-corrected chi connectivity index (χ3v) is 4.23. The predicted octanol–water partition coefficient (Wildman–Crippen LogP) is 5.24. The molecule has 6 heteroatoms. The van der Waals surface area contributed by atoms with Crippen LogP contribution < -0.4 is 15.4 Å². The Hall–Kier alpha value is -2.79. The predicted molar refractivity (Wildman–Crippen MR) is 103 cm³/mol. The van der Waals surface area contributed by atoms with Crippen LogP contribution in [-0.2, 0) is 0 Å². The number of rotatable bonds is 5. The lowest BCUT2D eigenvalue weighted by atomic mass is 10.1. The van der Waals surface area contributed by atoms with E-state index in [0.717, 1.165) is 11.4 Å². The monoisotopic (exact) mass is 354 g/mol. The Morgan fingerprint density at radius 1 is 1.04 bits per heavy atom. The highest BCUT2D eigenvalue weighted by Gasteiger charge is 2.06. The fourth-order valence-electron chi connectivity index (χ4n) is 2.39. The number of nitrogens with zero attached hydrogens (tertiary/aromatic N) is 2. The van der Waals surface area contributed by atoms with Crippen molar-refractivity contribution in [2.24, 2.45) is 0 Å². The van der Waals surface area contributed by atoms with Gasteiger partial charge in [-0.25, -0.2) is 4.98 Å². The SMILES string of the molecule is COc1ccc(Nc2ccnc(Nc3cccc(C)c3C)n2)cc1Cl. The molecule has 25 heavy (non-hydrogen) atoms. The summed E-state index contributed by atoms with van der Waals surface area (Å²) in [5.41, 5.74) is 4.20. The number of halogens is 1. The largest absolute Gasteiger partial charge is 0.495 e. The molecule has 3 rings (SSSR count). The third-order valence-electron chi connectivity index (χ3n) is 3.93. The molecule has 2 aromatic carbocycles. The van der Waals surface area contributed by atoms with Crippen molar-refractivity contribution in [3.05, 3.63) is 64.8 Å². The molecular weight excluding hydrogens is 336 g/mol. The van der Waals surface area contributed by atoms with Crippen LogP contribution in [0, 0.1) is 13.8 Å². The fourth-order valence-corrected chi connectivity index (χ4v) is 2.65. The maximum atomic E-state index is 6.16. The van der Waals surface area contributed by atoms with Gasteiger partial charge < -0.3 is 15.4 Å². The van der Waals surface area contributed by atoms with Gasteiger partial charge in [-0.3, -0.25) is 0 Å². The zero-order valence-electron chi connectivity index (χ0n) is 14.3. The molecule has 0 fully saturated rings. The second-order valence-corrected chi connectivity index (χ2v) is 6.02. The van der Waals surface area contributed by atoms with E-state index in [-0.39, 0.29) is 0 Å². The van der Waals surface area contributed by atoms with Crippen LogP contribution in [-0.4, -0.2) is 17.1 Å². The molecule has 0 amide bonds. The average molecular weight is 355 g/mol. The summed E-state index contributed by atoms with van der Waals surface area (Å²) >= 11 is 6.16. The molecule has 0 spiro atoms. The van der Waals surface area contributed by atoms with Crippen molar-refractivity contribution in [3.8, 4) is 5.75 Å². The molecule has 0 saturated carbocycles. The van der Waals surface area contributed by atoms with E-state index in [1.54, 1.807) is 31.5 Å². The number of aryl methyl sites for hydroxylation is 1. The molecule has 0 unspecified atom stereocenters. The van der Waals surface area contributed by atoms with E-state index in [4.69, 9.17) is 16.3 Å². The van der Waals surface area contributed by atoms with E-state index < -0.39 is 0 Å². The van der Waals surface area contributed by atoms with Crippen molar-refractivity contribution in [1.82, 2.24) is 9.97 Å². The van der Waals surface area contributed by atoms with Crippen molar-refractivity contribution in [1.29, 1.82) is 0 Å². The number of anilines is 4. The Labute approximate surface area is 152 Å². The van der Waals surface area contributed by atoms with E-state index >= 15 is 0 Å². The third kappa shape index (κ3) is 4.00. The Morgan fingerprint density at radius 2 is 1.88 bits per heavy atom. The first kappa shape index (κ1) is 17.0. The summed E-state index contributed by atoms with van der Waals surface area (Å²) in [5, 5.41) is 7.01. The lowest BCUT2D eigenvalue weighted by Crippen LogP contribution is -2.02. The zero-order valence-corrected chi connectivity index (χ0v) is 15.1. The average Bonchev–Trinajstić information content (AvgIpc) is 2.60. The normalized spacial score (nSPS) is 10.4. The quantitative estimate of drug-likeness (QED) is 0.656. The van der Waals surface area contributed by atoms with Gasteiger partial charge in [-0.15, -0.1) is 0 Å². The van der Waals surface area contributed by atoms with E-state index in [9.17, 15) is 0 Å². The zero-order chi connectivity index (χ0) is 17.8. The minimum atomic E-state index is 0.526. The molecule has 0 atom stereocenters. The van der Waals surface area contributed by atoms with Crippen molar-refractivity contribution >= 4 is 34.7 Å². The van der Waals surface area contributed by atoms with Gasteiger partial charge in [0.25, 0.3) is 0 Å². The van der Waals surface area contributed by atoms with Crippen molar-refractivity contribution in [3.63, 3.8) is 0 Å². The highest BCUT2D eigenvalue weighted by atomic mass is 35.5. The minimum Gasteiger partial charge on any atom is -0.495 e. The summed E-state index contributed by atoms with van der Waals surface area (Å²) in [6.45, 7) is 4.14. The first-order valence-electron chi connectivity index (χ1n) is 7.83. The van der Waals surface area contributed by atoms with Crippen LogP contribution in [0.15, 0.2) is 48.7 Å². The van der Waals surface area contributed by atoms with E-state index in [1.807, 2.05) is 18.2 Å². The van der Waals surface area contributed by atoms with Crippen LogP contribution in [0.2, 0.25) is 5.02 Å². The molecule has 1 aromatic heterocycles. The molecule has 0 saturated heterocycles. The van der Waals surface area contributed by atoms with Crippen molar-refractivity contribution in [2.45, 2.75) is 13.8 Å². The Morgan fingerprint density at radius 3 is 2.64 bits per heavy atom. The van der Waals surface area contributed by atoms with Gasteiger partial charge in [0.05, 0.1) is 12.1 Å². The standard InChI is InChI=1S/C19H19ClN4O/c1-12-5-4-6-16(13(12)2)23-19-21-10-9-18(24-19)22-14-7-8-17(25-3)15(20)11-14/h4-11H,1-3H3,(H2,21,22,23,24). The van der Waals surface area contributed by atoms with Gasteiger partial charge in [-0.2, -0.15) is 4.98 Å². The Bertz CT molecular complexity index is 898. The summed E-state index contributed by atoms with van der Waals surface area (Å²) in [6.07, 6.45) is 1.70. The maximum absolute atomic E-state index is 6.16. The van der Waals surface area contributed by atoms with Crippen LogP contribution in [0.4, 0.5) is 23.1 Å². The number of hydrogen-bond acceptors (Lipinski definition) is 5. The van der Waals surface area contributed by atoms with Gasteiger partial charge in [0, 0.05) is 17.6 Å².